The molecule has 0 aromatic heterocycles. The highest BCUT2D eigenvalue weighted by Gasteiger charge is 2.31. The first kappa shape index (κ1) is 12.5. The van der Waals surface area contributed by atoms with Crippen LogP contribution in [0.15, 0.2) is 0 Å². The Bertz CT molecular complexity index is 386. The van der Waals surface area contributed by atoms with E-state index in [1.807, 2.05) is 0 Å². The van der Waals surface area contributed by atoms with Crippen LogP contribution in [0, 0.1) is 0 Å². The summed E-state index contributed by atoms with van der Waals surface area (Å²) in [6.07, 6.45) is -0.404. The third-order valence-electron chi connectivity index (χ3n) is 2.45. The van der Waals surface area contributed by atoms with Gasteiger partial charge in [0.05, 0.1) is 6.70 Å². The van der Waals surface area contributed by atoms with Crippen molar-refractivity contribution in [2.24, 2.45) is 0 Å². The fourth-order valence-corrected chi connectivity index (χ4v) is 1.91. The first-order chi connectivity index (χ1) is 9.10. The van der Waals surface area contributed by atoms with Gasteiger partial charge in [-0.3, -0.25) is 4.79 Å². The molecule has 1 rings (SSSR count). The van der Waals surface area contributed by atoms with Crippen LogP contribution in [0.2, 0.25) is 0 Å². The first-order valence-corrected chi connectivity index (χ1v) is 7.23. The van der Waals surface area contributed by atoms with E-state index in [1.54, 1.807) is 20.8 Å². The number of ketones is 1. The summed E-state index contributed by atoms with van der Waals surface area (Å²) in [4.78, 5) is 25.1. The van der Waals surface area contributed by atoms with Crippen LogP contribution in [0.5, 0.6) is 0 Å². The van der Waals surface area contributed by atoms with Crippen LogP contribution >= 0.6 is 15.9 Å². The number of likely N-dealkylation sites (tertiary alicyclic amines) is 1. The lowest BCUT2D eigenvalue weighted by molar-refractivity contribution is -0.117. The first-order valence-electron chi connectivity index (χ1n) is 7.18. The lowest BCUT2D eigenvalue weighted by Crippen LogP contribution is -2.47. The highest BCUT2D eigenvalue weighted by Crippen LogP contribution is 2.22. The Morgan fingerprint density at radius 3 is 2.72 bits per heavy atom. The quantitative estimate of drug-likeness (QED) is 0.750. The van der Waals surface area contributed by atoms with Gasteiger partial charge in [-0.05, 0) is 40.0 Å². The van der Waals surface area contributed by atoms with Crippen LogP contribution in [-0.4, -0.2) is 40.3 Å². The molecule has 1 unspecified atom stereocenters. The summed E-state index contributed by atoms with van der Waals surface area (Å²) in [7, 11) is 0. The van der Waals surface area contributed by atoms with E-state index in [1.165, 1.54) is 4.90 Å². The summed E-state index contributed by atoms with van der Waals surface area (Å²) in [5.41, 5.74) is -0.660. The predicted molar refractivity (Wildman–Crippen MR) is 74.0 cm³/mol. The van der Waals surface area contributed by atoms with Gasteiger partial charge in [0.25, 0.3) is 0 Å². The molecule has 0 aromatic rings. The molecule has 0 aliphatic carbocycles. The number of rotatable bonds is 3. The van der Waals surface area contributed by atoms with E-state index in [2.05, 4.69) is 15.9 Å². The van der Waals surface area contributed by atoms with Crippen molar-refractivity contribution in [2.45, 2.75) is 58.0 Å². The standard InChI is InChI=1S/C13H22BrNO3/c1-13(2,3)18-12(17)15-7-5-4-6-10(15)8-11(16)9-14/h10H,4-9H2,1-3H3/t10-/m0/s1/i6D,10D/t6?,10-. The number of Topliss-reactive ketones (excluding diaryl/α,β-unsaturated/α-hetero) is 1. The third kappa shape index (κ3) is 4.96. The van der Waals surface area contributed by atoms with Crippen molar-refractivity contribution in [2.75, 3.05) is 11.9 Å². The van der Waals surface area contributed by atoms with Crippen molar-refractivity contribution in [1.82, 2.24) is 4.90 Å². The van der Waals surface area contributed by atoms with Gasteiger partial charge < -0.3 is 9.64 Å². The van der Waals surface area contributed by atoms with Crippen LogP contribution < -0.4 is 0 Å². The zero-order chi connectivity index (χ0) is 15.6. The van der Waals surface area contributed by atoms with Gasteiger partial charge in [0, 0.05) is 20.4 Å². The smallest absolute Gasteiger partial charge is 0.410 e. The molecule has 0 N–H and O–H groups in total. The molecule has 0 aromatic carbocycles. The van der Waals surface area contributed by atoms with Crippen LogP contribution in [0.3, 0.4) is 0 Å². The summed E-state index contributed by atoms with van der Waals surface area (Å²) in [5, 5.41) is 0.127. The number of carbonyl (C=O) groups excluding carboxylic acids is 2. The molecule has 1 saturated heterocycles. The maximum absolute atomic E-state index is 12.2. The number of hydrogen-bond donors (Lipinski definition) is 0. The molecule has 1 aliphatic rings. The minimum absolute atomic E-state index is 0.127. The lowest BCUT2D eigenvalue weighted by atomic mass is 9.98. The van der Waals surface area contributed by atoms with Gasteiger partial charge in [-0.2, -0.15) is 0 Å². The second kappa shape index (κ2) is 6.55. The van der Waals surface area contributed by atoms with E-state index in [0.717, 1.165) is 0 Å². The molecule has 4 nitrogen and oxygen atoms in total. The minimum Gasteiger partial charge on any atom is -0.444 e. The molecule has 0 spiro atoms. The van der Waals surface area contributed by atoms with Crippen molar-refractivity contribution in [3.63, 3.8) is 0 Å². The van der Waals surface area contributed by atoms with Gasteiger partial charge in [0.15, 0.2) is 0 Å². The Labute approximate surface area is 120 Å². The van der Waals surface area contributed by atoms with E-state index >= 15 is 0 Å². The molecule has 104 valence electrons. The van der Waals surface area contributed by atoms with Gasteiger partial charge in [-0.25, -0.2) is 4.79 Å². The monoisotopic (exact) mass is 321 g/mol. The van der Waals surface area contributed by atoms with Crippen molar-refractivity contribution in [1.29, 1.82) is 0 Å². The number of alkyl halides is 1. The largest absolute Gasteiger partial charge is 0.444 e. The fourth-order valence-electron chi connectivity index (χ4n) is 1.71. The SMILES string of the molecule is [2H]C1CCCN(C(=O)OC(C)(C)C)[C@]1([2H])CC(=O)CBr. The molecule has 1 aliphatic heterocycles. The number of piperidine rings is 1. The highest BCUT2D eigenvalue weighted by atomic mass is 79.9. The zero-order valence-corrected chi connectivity index (χ0v) is 12.7. The van der Waals surface area contributed by atoms with Crippen LogP contribution in [0.4, 0.5) is 4.79 Å². The topological polar surface area (TPSA) is 46.6 Å². The number of carbonyl (C=O) groups is 2. The molecule has 18 heavy (non-hydrogen) atoms. The van der Waals surface area contributed by atoms with Gasteiger partial charge in [0.1, 0.15) is 11.4 Å². The second-order valence-corrected chi connectivity index (χ2v) is 5.88. The second-order valence-electron chi connectivity index (χ2n) is 5.32. The number of nitrogens with zero attached hydrogens (tertiary/aromatic N) is 1. The average Bonchev–Trinajstić information content (AvgIpc) is 2.30. The van der Waals surface area contributed by atoms with Crippen molar-refractivity contribution < 1.29 is 17.1 Å². The molecular weight excluding hydrogens is 298 g/mol. The predicted octanol–water partition coefficient (Wildman–Crippen LogP) is 3.13. The molecule has 1 fully saturated rings. The minimum atomic E-state index is -1.54. The highest BCUT2D eigenvalue weighted by molar-refractivity contribution is 9.09. The Kier molecular flexibility index (Phi) is 4.53. The number of halogens is 1. The van der Waals surface area contributed by atoms with Crippen LogP contribution in [0.1, 0.15) is 49.2 Å². The fraction of sp³-hybridized carbons (Fsp3) is 0.846. The van der Waals surface area contributed by atoms with Crippen molar-refractivity contribution in [3.05, 3.63) is 0 Å². The third-order valence-corrected chi connectivity index (χ3v) is 3.08. The Morgan fingerprint density at radius 2 is 2.17 bits per heavy atom. The van der Waals surface area contributed by atoms with Gasteiger partial charge >= 0.3 is 6.09 Å². The molecule has 1 heterocycles. The molecule has 0 radical (unpaired) electrons. The van der Waals surface area contributed by atoms with E-state index in [-0.39, 0.29) is 17.5 Å². The van der Waals surface area contributed by atoms with Gasteiger partial charge in [-0.1, -0.05) is 15.9 Å². The van der Waals surface area contributed by atoms with E-state index < -0.39 is 24.1 Å². The molecular formula is C13H22BrNO3. The number of amides is 1. The van der Waals surface area contributed by atoms with Gasteiger partial charge in [-0.15, -0.1) is 0 Å². The maximum Gasteiger partial charge on any atom is 0.410 e. The molecule has 1 amide bonds. The van der Waals surface area contributed by atoms with E-state index in [4.69, 9.17) is 7.48 Å². The summed E-state index contributed by atoms with van der Waals surface area (Å²) in [6.45, 7) is 5.61. The molecule has 0 bridgehead atoms. The Hall–Kier alpha value is -0.580. The number of hydrogen-bond acceptors (Lipinski definition) is 3. The van der Waals surface area contributed by atoms with Crippen molar-refractivity contribution >= 4 is 27.8 Å². The zero-order valence-electron chi connectivity index (χ0n) is 13.2. The van der Waals surface area contributed by atoms with Crippen LogP contribution in [-0.2, 0) is 9.53 Å². The van der Waals surface area contributed by atoms with E-state index in [9.17, 15) is 9.59 Å². The molecule has 0 saturated carbocycles. The summed E-state index contributed by atoms with van der Waals surface area (Å²) < 4.78 is 21.8. The summed E-state index contributed by atoms with van der Waals surface area (Å²) in [5.74, 6) is -0.187. The Balaban J connectivity index is 2.94. The summed E-state index contributed by atoms with van der Waals surface area (Å²) >= 11 is 3.06. The maximum atomic E-state index is 12.2. The summed E-state index contributed by atoms with van der Waals surface area (Å²) in [6, 6.07) is -1.54. The number of ether oxygens (including phenoxy) is 1. The molecule has 2 atom stereocenters. The van der Waals surface area contributed by atoms with Gasteiger partial charge in [0.2, 0.25) is 0 Å². The molecule has 5 heteroatoms. The lowest BCUT2D eigenvalue weighted by Gasteiger charge is -2.36. The van der Waals surface area contributed by atoms with Crippen molar-refractivity contribution in [3.8, 4) is 0 Å². The van der Waals surface area contributed by atoms with Crippen LogP contribution in [0.25, 0.3) is 0 Å². The normalized spacial score (nSPS) is 30.4. The van der Waals surface area contributed by atoms with E-state index in [0.29, 0.717) is 19.4 Å². The average molecular weight is 322 g/mol. The Morgan fingerprint density at radius 1 is 1.50 bits per heavy atom.